The highest BCUT2D eigenvalue weighted by Gasteiger charge is 2.05. The van der Waals surface area contributed by atoms with Crippen molar-refractivity contribution in [2.75, 3.05) is 20.3 Å². The van der Waals surface area contributed by atoms with E-state index in [1.807, 2.05) is 25.1 Å². The molecule has 0 fully saturated rings. The van der Waals surface area contributed by atoms with E-state index in [0.717, 1.165) is 16.5 Å². The summed E-state index contributed by atoms with van der Waals surface area (Å²) in [6.45, 7) is 3.29. The Kier molecular flexibility index (Phi) is 5.49. The minimum Gasteiger partial charge on any atom is -0.385 e. The molecule has 4 heteroatoms. The zero-order chi connectivity index (χ0) is 12.0. The average Bonchev–Trinajstić information content (AvgIpc) is 2.28. The van der Waals surface area contributed by atoms with Gasteiger partial charge in [-0.3, -0.25) is 4.79 Å². The molecule has 3 nitrogen and oxygen atoms in total. The van der Waals surface area contributed by atoms with Crippen LogP contribution in [0.15, 0.2) is 22.7 Å². The predicted octanol–water partition coefficient (Wildman–Crippen LogP) is 2.52. The van der Waals surface area contributed by atoms with Gasteiger partial charge in [-0.15, -0.1) is 0 Å². The number of nitrogens with one attached hydrogen (secondary N) is 1. The Balaban J connectivity index is 2.50. The Morgan fingerprint density at radius 2 is 2.25 bits per heavy atom. The lowest BCUT2D eigenvalue weighted by Crippen LogP contribution is -2.25. The summed E-state index contributed by atoms with van der Waals surface area (Å²) in [5, 5.41) is 2.84. The topological polar surface area (TPSA) is 38.3 Å². The van der Waals surface area contributed by atoms with Gasteiger partial charge in [0.05, 0.1) is 0 Å². The summed E-state index contributed by atoms with van der Waals surface area (Å²) in [6.07, 6.45) is 0.829. The van der Waals surface area contributed by atoms with Crippen LogP contribution in [0.2, 0.25) is 0 Å². The molecule has 88 valence electrons. The van der Waals surface area contributed by atoms with Crippen molar-refractivity contribution >= 4 is 21.8 Å². The molecule has 1 rings (SSSR count). The number of methoxy groups -OCH3 is 1. The maximum atomic E-state index is 11.7. The Hall–Kier alpha value is -0.870. The molecule has 0 spiro atoms. The van der Waals surface area contributed by atoms with Gasteiger partial charge in [-0.25, -0.2) is 0 Å². The molecule has 1 aromatic rings. The van der Waals surface area contributed by atoms with Gasteiger partial charge in [-0.2, -0.15) is 0 Å². The van der Waals surface area contributed by atoms with E-state index in [4.69, 9.17) is 4.74 Å². The molecule has 0 saturated heterocycles. The summed E-state index contributed by atoms with van der Waals surface area (Å²) >= 11 is 3.41. The summed E-state index contributed by atoms with van der Waals surface area (Å²) in [4.78, 5) is 11.7. The SMILES string of the molecule is COCCCNC(=O)c1ccc(C)c(Br)c1. The number of benzene rings is 1. The van der Waals surface area contributed by atoms with Crippen LogP contribution in [0.25, 0.3) is 0 Å². The van der Waals surface area contributed by atoms with Crippen molar-refractivity contribution in [2.24, 2.45) is 0 Å². The summed E-state index contributed by atoms with van der Waals surface area (Å²) in [6, 6.07) is 5.58. The molecule has 0 bridgehead atoms. The van der Waals surface area contributed by atoms with Crippen LogP contribution < -0.4 is 5.32 Å². The first-order chi connectivity index (χ1) is 7.65. The second kappa shape index (κ2) is 6.66. The third-order valence-corrected chi connectivity index (χ3v) is 3.10. The molecule has 0 radical (unpaired) electrons. The zero-order valence-corrected chi connectivity index (χ0v) is 11.1. The van der Waals surface area contributed by atoms with Crippen molar-refractivity contribution in [3.05, 3.63) is 33.8 Å². The number of carbonyl (C=O) groups is 1. The Morgan fingerprint density at radius 1 is 1.50 bits per heavy atom. The fraction of sp³-hybridized carbons (Fsp3) is 0.417. The van der Waals surface area contributed by atoms with E-state index in [2.05, 4.69) is 21.2 Å². The highest BCUT2D eigenvalue weighted by Crippen LogP contribution is 2.17. The van der Waals surface area contributed by atoms with E-state index in [1.54, 1.807) is 7.11 Å². The molecule has 0 aliphatic rings. The van der Waals surface area contributed by atoms with Gasteiger partial charge >= 0.3 is 0 Å². The molecule has 0 atom stereocenters. The third-order valence-electron chi connectivity index (χ3n) is 2.24. The first kappa shape index (κ1) is 13.2. The fourth-order valence-electron chi connectivity index (χ4n) is 1.25. The lowest BCUT2D eigenvalue weighted by molar-refractivity contribution is 0.0948. The van der Waals surface area contributed by atoms with Crippen LogP contribution >= 0.6 is 15.9 Å². The second-order valence-electron chi connectivity index (χ2n) is 3.57. The largest absolute Gasteiger partial charge is 0.385 e. The summed E-state index contributed by atoms with van der Waals surface area (Å²) in [5.74, 6) is -0.0446. The van der Waals surface area contributed by atoms with Crippen LogP contribution in [-0.4, -0.2) is 26.2 Å². The number of rotatable bonds is 5. The van der Waals surface area contributed by atoms with Crippen LogP contribution in [0.5, 0.6) is 0 Å². The molecular weight excluding hydrogens is 270 g/mol. The van der Waals surface area contributed by atoms with E-state index in [1.165, 1.54) is 0 Å². The smallest absolute Gasteiger partial charge is 0.251 e. The van der Waals surface area contributed by atoms with E-state index in [9.17, 15) is 4.79 Å². The van der Waals surface area contributed by atoms with Crippen molar-refractivity contribution in [3.63, 3.8) is 0 Å². The van der Waals surface area contributed by atoms with Gasteiger partial charge < -0.3 is 10.1 Å². The van der Waals surface area contributed by atoms with Crippen molar-refractivity contribution in [3.8, 4) is 0 Å². The van der Waals surface area contributed by atoms with Crippen LogP contribution in [0.4, 0.5) is 0 Å². The Bertz CT molecular complexity index is 366. The van der Waals surface area contributed by atoms with Crippen molar-refractivity contribution in [2.45, 2.75) is 13.3 Å². The van der Waals surface area contributed by atoms with Gasteiger partial charge in [0.1, 0.15) is 0 Å². The number of amides is 1. The Morgan fingerprint density at radius 3 is 2.88 bits per heavy atom. The molecule has 0 saturated carbocycles. The van der Waals surface area contributed by atoms with Crippen molar-refractivity contribution in [1.82, 2.24) is 5.32 Å². The van der Waals surface area contributed by atoms with Crippen LogP contribution in [0.1, 0.15) is 22.3 Å². The maximum Gasteiger partial charge on any atom is 0.251 e. The monoisotopic (exact) mass is 285 g/mol. The van der Waals surface area contributed by atoms with Crippen LogP contribution in [0.3, 0.4) is 0 Å². The molecular formula is C12H16BrNO2. The number of hydrogen-bond donors (Lipinski definition) is 1. The molecule has 1 aromatic carbocycles. The minimum atomic E-state index is -0.0446. The van der Waals surface area contributed by atoms with E-state index in [0.29, 0.717) is 18.7 Å². The number of carbonyl (C=O) groups excluding carboxylic acids is 1. The van der Waals surface area contributed by atoms with E-state index < -0.39 is 0 Å². The summed E-state index contributed by atoms with van der Waals surface area (Å²) in [7, 11) is 1.65. The number of halogens is 1. The summed E-state index contributed by atoms with van der Waals surface area (Å²) in [5.41, 5.74) is 1.80. The molecule has 0 unspecified atom stereocenters. The first-order valence-electron chi connectivity index (χ1n) is 5.18. The third kappa shape index (κ3) is 3.94. The van der Waals surface area contributed by atoms with Gasteiger partial charge in [0.25, 0.3) is 5.91 Å². The highest BCUT2D eigenvalue weighted by molar-refractivity contribution is 9.10. The van der Waals surface area contributed by atoms with Gasteiger partial charge in [0.2, 0.25) is 0 Å². The first-order valence-corrected chi connectivity index (χ1v) is 5.97. The van der Waals surface area contributed by atoms with E-state index in [-0.39, 0.29) is 5.91 Å². The van der Waals surface area contributed by atoms with Gasteiger partial charge in [-0.05, 0) is 31.0 Å². The lowest BCUT2D eigenvalue weighted by Gasteiger charge is -2.06. The van der Waals surface area contributed by atoms with Gasteiger partial charge in [0.15, 0.2) is 0 Å². The molecule has 0 aromatic heterocycles. The van der Waals surface area contributed by atoms with Gasteiger partial charge in [0, 0.05) is 30.3 Å². The number of ether oxygens (including phenoxy) is 1. The minimum absolute atomic E-state index is 0.0446. The lowest BCUT2D eigenvalue weighted by atomic mass is 10.1. The zero-order valence-electron chi connectivity index (χ0n) is 9.55. The average molecular weight is 286 g/mol. The maximum absolute atomic E-state index is 11.7. The standard InChI is InChI=1S/C12H16BrNO2/c1-9-4-5-10(8-11(9)13)12(15)14-6-3-7-16-2/h4-5,8H,3,6-7H2,1-2H3,(H,14,15). The van der Waals surface area contributed by atoms with Crippen LogP contribution in [0, 0.1) is 6.92 Å². The molecule has 0 aliphatic heterocycles. The van der Waals surface area contributed by atoms with Crippen molar-refractivity contribution < 1.29 is 9.53 Å². The molecule has 0 aliphatic carbocycles. The second-order valence-corrected chi connectivity index (χ2v) is 4.42. The highest BCUT2D eigenvalue weighted by atomic mass is 79.9. The predicted molar refractivity (Wildman–Crippen MR) is 67.7 cm³/mol. The summed E-state index contributed by atoms with van der Waals surface area (Å²) < 4.78 is 5.86. The quantitative estimate of drug-likeness (QED) is 0.845. The number of aryl methyl sites for hydroxylation is 1. The van der Waals surface area contributed by atoms with Crippen LogP contribution in [-0.2, 0) is 4.74 Å². The van der Waals surface area contributed by atoms with Crippen molar-refractivity contribution in [1.29, 1.82) is 0 Å². The van der Waals surface area contributed by atoms with E-state index >= 15 is 0 Å². The Labute approximate surface area is 104 Å². The normalized spacial score (nSPS) is 10.2. The van der Waals surface area contributed by atoms with Gasteiger partial charge in [-0.1, -0.05) is 22.0 Å². The fourth-order valence-corrected chi connectivity index (χ4v) is 1.63. The molecule has 16 heavy (non-hydrogen) atoms. The molecule has 1 N–H and O–H groups in total. The molecule has 1 amide bonds. The number of hydrogen-bond acceptors (Lipinski definition) is 2. The molecule has 0 heterocycles.